The normalized spacial score (nSPS) is 19.8. The molecule has 1 aliphatic heterocycles. The van der Waals surface area contributed by atoms with Crippen molar-refractivity contribution >= 4 is 23.5 Å². The van der Waals surface area contributed by atoms with E-state index in [4.69, 9.17) is 5.73 Å². The molecule has 0 spiro atoms. The highest BCUT2D eigenvalue weighted by molar-refractivity contribution is 8.03. The Hall–Kier alpha value is -0.120. The highest BCUT2D eigenvalue weighted by Crippen LogP contribution is 2.38. The van der Waals surface area contributed by atoms with Crippen LogP contribution in [-0.2, 0) is 6.42 Å². The second-order valence-electron chi connectivity index (χ2n) is 5.06. The van der Waals surface area contributed by atoms with Crippen molar-refractivity contribution in [2.24, 2.45) is 5.73 Å². The molecule has 16 heavy (non-hydrogen) atoms. The molecule has 3 heteroatoms. The van der Waals surface area contributed by atoms with E-state index >= 15 is 0 Å². The van der Waals surface area contributed by atoms with Crippen LogP contribution in [0.5, 0.6) is 0 Å². The van der Waals surface area contributed by atoms with E-state index in [0.29, 0.717) is 0 Å². The zero-order valence-corrected chi connectivity index (χ0v) is 11.5. The Balaban J connectivity index is 1.79. The molecular weight excluding hydrogens is 234 g/mol. The third kappa shape index (κ3) is 3.44. The van der Waals surface area contributed by atoms with E-state index in [2.05, 4.69) is 38.1 Å². The number of nitrogens with two attached hydrogens (primary N) is 1. The molecule has 0 radical (unpaired) electrons. The van der Waals surface area contributed by atoms with Gasteiger partial charge in [0.05, 0.1) is 0 Å². The predicted molar refractivity (Wildman–Crippen MR) is 75.4 cm³/mol. The van der Waals surface area contributed by atoms with E-state index in [1.54, 1.807) is 0 Å². The van der Waals surface area contributed by atoms with Gasteiger partial charge in [0.15, 0.2) is 0 Å². The van der Waals surface area contributed by atoms with Crippen molar-refractivity contribution < 1.29 is 0 Å². The summed E-state index contributed by atoms with van der Waals surface area (Å²) in [5.74, 6) is 2.25. The van der Waals surface area contributed by atoms with E-state index < -0.39 is 0 Å². The lowest BCUT2D eigenvalue weighted by molar-refractivity contribution is 0.591. The number of thioether (sulfide) groups is 2. The summed E-state index contributed by atoms with van der Waals surface area (Å²) in [4.78, 5) is 1.47. The van der Waals surface area contributed by atoms with E-state index in [9.17, 15) is 0 Å². The van der Waals surface area contributed by atoms with Crippen molar-refractivity contribution in [3.63, 3.8) is 0 Å². The van der Waals surface area contributed by atoms with Crippen LogP contribution in [0.25, 0.3) is 0 Å². The van der Waals surface area contributed by atoms with Gasteiger partial charge in [0.25, 0.3) is 0 Å². The molecule has 1 aromatic carbocycles. The third-order valence-corrected chi connectivity index (χ3v) is 5.61. The van der Waals surface area contributed by atoms with Crippen molar-refractivity contribution in [2.75, 3.05) is 11.5 Å². The smallest absolute Gasteiger partial charge is 0.0226 e. The van der Waals surface area contributed by atoms with Gasteiger partial charge in [-0.1, -0.05) is 18.2 Å². The Morgan fingerprint density at radius 3 is 2.88 bits per heavy atom. The first-order chi connectivity index (χ1) is 7.54. The quantitative estimate of drug-likeness (QED) is 0.892. The molecule has 0 saturated carbocycles. The average Bonchev–Trinajstić information content (AvgIpc) is 2.57. The first kappa shape index (κ1) is 12.3. The minimum absolute atomic E-state index is 0.0409. The Morgan fingerprint density at radius 2 is 2.19 bits per heavy atom. The third-order valence-electron chi connectivity index (χ3n) is 2.49. The SMILES string of the molecule is CC(C)(N)CSCC1Cc2ccccc2S1. The highest BCUT2D eigenvalue weighted by atomic mass is 32.2. The first-order valence-corrected chi connectivity index (χ1v) is 7.69. The molecule has 0 saturated heterocycles. The number of hydrogen-bond acceptors (Lipinski definition) is 3. The van der Waals surface area contributed by atoms with Crippen molar-refractivity contribution in [1.29, 1.82) is 0 Å². The summed E-state index contributed by atoms with van der Waals surface area (Å²) in [6, 6.07) is 8.75. The van der Waals surface area contributed by atoms with Crippen LogP contribution < -0.4 is 5.73 Å². The van der Waals surface area contributed by atoms with Gasteiger partial charge in [0.1, 0.15) is 0 Å². The topological polar surface area (TPSA) is 26.0 Å². The fourth-order valence-corrected chi connectivity index (χ4v) is 4.47. The number of fused-ring (bicyclic) bond motifs is 1. The van der Waals surface area contributed by atoms with E-state index in [-0.39, 0.29) is 5.54 Å². The Kier molecular flexibility index (Phi) is 3.88. The van der Waals surface area contributed by atoms with E-state index in [1.165, 1.54) is 22.6 Å². The van der Waals surface area contributed by atoms with Crippen LogP contribution in [0.1, 0.15) is 19.4 Å². The molecule has 1 aromatic rings. The van der Waals surface area contributed by atoms with Gasteiger partial charge in [-0.15, -0.1) is 11.8 Å². The Bertz CT molecular complexity index is 332. The molecule has 88 valence electrons. The van der Waals surface area contributed by atoms with Gasteiger partial charge in [-0.2, -0.15) is 11.8 Å². The summed E-state index contributed by atoms with van der Waals surface area (Å²) < 4.78 is 0. The maximum Gasteiger partial charge on any atom is 0.0226 e. The molecule has 1 nitrogen and oxygen atoms in total. The minimum Gasteiger partial charge on any atom is -0.325 e. The molecule has 0 bridgehead atoms. The van der Waals surface area contributed by atoms with E-state index in [0.717, 1.165) is 11.0 Å². The van der Waals surface area contributed by atoms with Crippen LogP contribution in [-0.4, -0.2) is 22.3 Å². The largest absolute Gasteiger partial charge is 0.325 e. The summed E-state index contributed by atoms with van der Waals surface area (Å²) in [5.41, 5.74) is 7.45. The zero-order valence-electron chi connectivity index (χ0n) is 9.90. The van der Waals surface area contributed by atoms with Crippen molar-refractivity contribution in [3.05, 3.63) is 29.8 Å². The summed E-state index contributed by atoms with van der Waals surface area (Å²) >= 11 is 4.01. The predicted octanol–water partition coefficient (Wildman–Crippen LogP) is 3.17. The molecule has 2 N–H and O–H groups in total. The Morgan fingerprint density at radius 1 is 1.44 bits per heavy atom. The maximum absolute atomic E-state index is 5.98. The molecule has 0 amide bonds. The van der Waals surface area contributed by atoms with Crippen LogP contribution >= 0.6 is 23.5 Å². The Labute approximate surface area is 107 Å². The number of benzene rings is 1. The molecule has 2 rings (SSSR count). The fraction of sp³-hybridized carbons (Fsp3) is 0.538. The van der Waals surface area contributed by atoms with Gasteiger partial charge < -0.3 is 5.73 Å². The molecule has 1 unspecified atom stereocenters. The summed E-state index contributed by atoms with van der Waals surface area (Å²) in [6.45, 7) is 4.19. The van der Waals surface area contributed by atoms with Crippen LogP contribution in [0.2, 0.25) is 0 Å². The maximum atomic E-state index is 5.98. The van der Waals surface area contributed by atoms with Gasteiger partial charge in [-0.05, 0) is 31.9 Å². The standard InChI is InChI=1S/C13H19NS2/c1-13(2,14)9-15-8-11-7-10-5-3-4-6-12(10)16-11/h3-6,11H,7-9,14H2,1-2H3. The molecule has 1 aliphatic rings. The van der Waals surface area contributed by atoms with Crippen molar-refractivity contribution in [3.8, 4) is 0 Å². The molecule has 1 heterocycles. The van der Waals surface area contributed by atoms with Gasteiger partial charge in [-0.3, -0.25) is 0 Å². The first-order valence-electron chi connectivity index (χ1n) is 5.66. The lowest BCUT2D eigenvalue weighted by Crippen LogP contribution is -2.35. The summed E-state index contributed by atoms with van der Waals surface area (Å²) in [6.07, 6.45) is 1.22. The molecular formula is C13H19NS2. The lowest BCUT2D eigenvalue weighted by atomic mass is 10.1. The summed E-state index contributed by atoms with van der Waals surface area (Å²) in [7, 11) is 0. The van der Waals surface area contributed by atoms with Gasteiger partial charge in [-0.25, -0.2) is 0 Å². The van der Waals surface area contributed by atoms with Crippen LogP contribution in [0, 0.1) is 0 Å². The van der Waals surface area contributed by atoms with Gasteiger partial charge >= 0.3 is 0 Å². The molecule has 0 fully saturated rings. The minimum atomic E-state index is -0.0409. The van der Waals surface area contributed by atoms with Crippen molar-refractivity contribution in [1.82, 2.24) is 0 Å². The van der Waals surface area contributed by atoms with Crippen molar-refractivity contribution in [2.45, 2.75) is 36.0 Å². The van der Waals surface area contributed by atoms with Crippen LogP contribution in [0.3, 0.4) is 0 Å². The van der Waals surface area contributed by atoms with E-state index in [1.807, 2.05) is 23.5 Å². The van der Waals surface area contributed by atoms with Gasteiger partial charge in [0.2, 0.25) is 0 Å². The summed E-state index contributed by atoms with van der Waals surface area (Å²) in [5, 5.41) is 0.741. The van der Waals surface area contributed by atoms with Crippen LogP contribution in [0.15, 0.2) is 29.2 Å². The van der Waals surface area contributed by atoms with Gasteiger partial charge in [0, 0.05) is 27.2 Å². The molecule has 0 aliphatic carbocycles. The number of rotatable bonds is 4. The highest BCUT2D eigenvalue weighted by Gasteiger charge is 2.22. The second kappa shape index (κ2) is 5.03. The average molecular weight is 253 g/mol. The van der Waals surface area contributed by atoms with Crippen LogP contribution in [0.4, 0.5) is 0 Å². The lowest BCUT2D eigenvalue weighted by Gasteiger charge is -2.18. The number of hydrogen-bond donors (Lipinski definition) is 1. The monoisotopic (exact) mass is 253 g/mol. The fourth-order valence-electron chi connectivity index (χ4n) is 1.80. The molecule has 1 atom stereocenters. The molecule has 0 aromatic heterocycles. The zero-order chi connectivity index (χ0) is 11.6. The second-order valence-corrected chi connectivity index (χ2v) is 7.43.